The van der Waals surface area contributed by atoms with Crippen molar-refractivity contribution >= 4 is 5.96 Å². The molecule has 2 atom stereocenters. The summed E-state index contributed by atoms with van der Waals surface area (Å²) in [5, 5.41) is 6.87. The van der Waals surface area contributed by atoms with E-state index in [1.54, 1.807) is 0 Å². The van der Waals surface area contributed by atoms with Crippen LogP contribution in [0.5, 0.6) is 0 Å². The number of aliphatic imine (C=N–C) groups is 1. The highest BCUT2D eigenvalue weighted by atomic mass is 16.5. The topological polar surface area (TPSA) is 58.1 Å². The number of hydrogen-bond acceptors (Lipinski definition) is 4. The fourth-order valence-corrected chi connectivity index (χ4v) is 3.11. The van der Waals surface area contributed by atoms with Gasteiger partial charge < -0.3 is 25.0 Å². The Hall–Kier alpha value is -0.850. The van der Waals surface area contributed by atoms with E-state index in [1.165, 1.54) is 13.0 Å². The Labute approximate surface area is 161 Å². The van der Waals surface area contributed by atoms with Crippen LogP contribution in [-0.4, -0.2) is 76.1 Å². The summed E-state index contributed by atoms with van der Waals surface area (Å²) < 4.78 is 11.1. The van der Waals surface area contributed by atoms with Gasteiger partial charge in [-0.1, -0.05) is 13.8 Å². The molecule has 154 valence electrons. The van der Waals surface area contributed by atoms with Crippen molar-refractivity contribution in [3.8, 4) is 0 Å². The van der Waals surface area contributed by atoms with Crippen LogP contribution >= 0.6 is 0 Å². The highest BCUT2D eigenvalue weighted by Crippen LogP contribution is 2.12. The van der Waals surface area contributed by atoms with Gasteiger partial charge in [0.2, 0.25) is 0 Å². The Morgan fingerprint density at radius 2 is 2.08 bits per heavy atom. The van der Waals surface area contributed by atoms with Gasteiger partial charge in [-0.2, -0.15) is 0 Å². The summed E-state index contributed by atoms with van der Waals surface area (Å²) in [4.78, 5) is 7.15. The molecule has 0 aliphatic carbocycles. The van der Waals surface area contributed by atoms with Crippen LogP contribution in [0.2, 0.25) is 0 Å². The van der Waals surface area contributed by atoms with Gasteiger partial charge in [0.1, 0.15) is 0 Å². The summed E-state index contributed by atoms with van der Waals surface area (Å²) in [5.74, 6) is 1.52. The van der Waals surface area contributed by atoms with E-state index in [1.807, 2.05) is 0 Å². The summed E-state index contributed by atoms with van der Waals surface area (Å²) in [7, 11) is 0. The van der Waals surface area contributed by atoms with Gasteiger partial charge in [-0.15, -0.1) is 0 Å². The molecule has 1 aliphatic rings. The maximum Gasteiger partial charge on any atom is 0.191 e. The smallest absolute Gasteiger partial charge is 0.191 e. The Morgan fingerprint density at radius 3 is 2.73 bits per heavy atom. The molecule has 26 heavy (non-hydrogen) atoms. The van der Waals surface area contributed by atoms with Crippen LogP contribution in [0.3, 0.4) is 0 Å². The highest BCUT2D eigenvalue weighted by Gasteiger charge is 2.15. The summed E-state index contributed by atoms with van der Waals surface area (Å²) >= 11 is 0. The molecule has 0 aromatic heterocycles. The van der Waals surface area contributed by atoms with Crippen molar-refractivity contribution in [1.29, 1.82) is 0 Å². The average Bonchev–Trinajstić information content (AvgIpc) is 3.15. The lowest BCUT2D eigenvalue weighted by molar-refractivity contribution is 0.0893. The zero-order valence-corrected chi connectivity index (χ0v) is 17.6. The number of ether oxygens (including phenoxy) is 2. The van der Waals surface area contributed by atoms with Crippen molar-refractivity contribution in [2.24, 2.45) is 10.9 Å². The Bertz CT molecular complexity index is 356. The van der Waals surface area contributed by atoms with Crippen LogP contribution < -0.4 is 10.6 Å². The van der Waals surface area contributed by atoms with Crippen LogP contribution in [0.15, 0.2) is 4.99 Å². The molecule has 0 radical (unpaired) electrons. The van der Waals surface area contributed by atoms with Crippen molar-refractivity contribution < 1.29 is 9.47 Å². The predicted molar refractivity (Wildman–Crippen MR) is 110 cm³/mol. The lowest BCUT2D eigenvalue weighted by Gasteiger charge is -2.21. The lowest BCUT2D eigenvalue weighted by atomic mass is 10.1. The lowest BCUT2D eigenvalue weighted by Crippen LogP contribution is -2.42. The molecule has 1 heterocycles. The summed E-state index contributed by atoms with van der Waals surface area (Å²) in [5.41, 5.74) is 0. The first-order chi connectivity index (χ1) is 12.7. The van der Waals surface area contributed by atoms with E-state index in [-0.39, 0.29) is 0 Å². The molecule has 0 spiro atoms. The Balaban J connectivity index is 2.15. The standard InChI is InChI=1S/C20H42N4O2/c1-5-21-20(23-18(4)10-8-13-24(6-2)7-3)22-12-9-14-25-16-19-11-15-26-17-19/h18-19H,5-17H2,1-4H3,(H2,21,22,23). The van der Waals surface area contributed by atoms with E-state index in [4.69, 9.17) is 9.47 Å². The van der Waals surface area contributed by atoms with Crippen LogP contribution in [0, 0.1) is 5.92 Å². The quantitative estimate of drug-likeness (QED) is 0.279. The van der Waals surface area contributed by atoms with E-state index >= 15 is 0 Å². The van der Waals surface area contributed by atoms with Gasteiger partial charge in [-0.05, 0) is 59.2 Å². The molecule has 6 heteroatoms. The third kappa shape index (κ3) is 11.0. The number of rotatable bonds is 14. The van der Waals surface area contributed by atoms with E-state index in [0.29, 0.717) is 12.0 Å². The largest absolute Gasteiger partial charge is 0.381 e. The predicted octanol–water partition coefficient (Wildman–Crippen LogP) is 2.50. The normalized spacial score (nSPS) is 19.1. The van der Waals surface area contributed by atoms with E-state index < -0.39 is 0 Å². The second-order valence-electron chi connectivity index (χ2n) is 7.13. The third-order valence-corrected chi connectivity index (χ3v) is 4.83. The van der Waals surface area contributed by atoms with Crippen LogP contribution in [0.1, 0.15) is 53.4 Å². The van der Waals surface area contributed by atoms with Crippen molar-refractivity contribution in [2.75, 3.05) is 59.2 Å². The molecule has 1 rings (SSSR count). The molecule has 1 saturated heterocycles. The minimum Gasteiger partial charge on any atom is -0.381 e. The van der Waals surface area contributed by atoms with Gasteiger partial charge in [-0.25, -0.2) is 0 Å². The fourth-order valence-electron chi connectivity index (χ4n) is 3.11. The monoisotopic (exact) mass is 370 g/mol. The van der Waals surface area contributed by atoms with Crippen LogP contribution in [0.25, 0.3) is 0 Å². The van der Waals surface area contributed by atoms with Gasteiger partial charge in [-0.3, -0.25) is 4.99 Å². The van der Waals surface area contributed by atoms with Gasteiger partial charge in [0, 0.05) is 38.3 Å². The van der Waals surface area contributed by atoms with Crippen LogP contribution in [-0.2, 0) is 9.47 Å². The van der Waals surface area contributed by atoms with Crippen LogP contribution in [0.4, 0.5) is 0 Å². The molecule has 0 aromatic carbocycles. The number of nitrogens with one attached hydrogen (secondary N) is 2. The molecule has 1 aliphatic heterocycles. The second kappa shape index (κ2) is 15.2. The molecule has 0 amide bonds. The Morgan fingerprint density at radius 1 is 1.27 bits per heavy atom. The minimum atomic E-state index is 0.432. The Kier molecular flexibility index (Phi) is 13.6. The zero-order chi connectivity index (χ0) is 19.0. The van der Waals surface area contributed by atoms with Gasteiger partial charge in [0.15, 0.2) is 5.96 Å². The zero-order valence-electron chi connectivity index (χ0n) is 17.6. The molecule has 0 bridgehead atoms. The van der Waals surface area contributed by atoms with Gasteiger partial charge in [0.05, 0.1) is 13.2 Å². The first-order valence-corrected chi connectivity index (χ1v) is 10.6. The number of nitrogens with zero attached hydrogens (tertiary/aromatic N) is 2. The first-order valence-electron chi connectivity index (χ1n) is 10.6. The molecule has 2 N–H and O–H groups in total. The van der Waals surface area contributed by atoms with Crippen molar-refractivity contribution in [3.63, 3.8) is 0 Å². The average molecular weight is 371 g/mol. The summed E-state index contributed by atoms with van der Waals surface area (Å²) in [6.07, 6.45) is 4.47. The second-order valence-corrected chi connectivity index (χ2v) is 7.13. The first kappa shape index (κ1) is 23.2. The van der Waals surface area contributed by atoms with Crippen molar-refractivity contribution in [1.82, 2.24) is 15.5 Å². The fraction of sp³-hybridized carbons (Fsp3) is 0.950. The molecule has 0 aromatic rings. The van der Waals surface area contributed by atoms with E-state index in [0.717, 1.165) is 77.8 Å². The summed E-state index contributed by atoms with van der Waals surface area (Å²) in [6.45, 7) is 17.3. The third-order valence-electron chi connectivity index (χ3n) is 4.83. The minimum absolute atomic E-state index is 0.432. The molecule has 1 fully saturated rings. The molecule has 0 saturated carbocycles. The molecular weight excluding hydrogens is 328 g/mol. The molecule has 6 nitrogen and oxygen atoms in total. The molecule has 2 unspecified atom stereocenters. The summed E-state index contributed by atoms with van der Waals surface area (Å²) in [6, 6.07) is 0.432. The van der Waals surface area contributed by atoms with E-state index in [2.05, 4.69) is 48.2 Å². The highest BCUT2D eigenvalue weighted by molar-refractivity contribution is 5.79. The van der Waals surface area contributed by atoms with E-state index in [9.17, 15) is 0 Å². The number of guanidine groups is 1. The maximum atomic E-state index is 5.74. The SMILES string of the molecule is CCNC(=NCCCOCC1CCOC1)NC(C)CCCN(CC)CC. The van der Waals surface area contributed by atoms with Crippen molar-refractivity contribution in [3.05, 3.63) is 0 Å². The van der Waals surface area contributed by atoms with Gasteiger partial charge in [0.25, 0.3) is 0 Å². The molecular formula is C20H42N4O2. The van der Waals surface area contributed by atoms with Gasteiger partial charge >= 0.3 is 0 Å². The van der Waals surface area contributed by atoms with Crippen molar-refractivity contribution in [2.45, 2.75) is 59.4 Å². The maximum absolute atomic E-state index is 5.74. The number of hydrogen-bond donors (Lipinski definition) is 2.